The van der Waals surface area contributed by atoms with Crippen LogP contribution in [0.4, 0.5) is 14.5 Å². The summed E-state index contributed by atoms with van der Waals surface area (Å²) in [7, 11) is 0. The summed E-state index contributed by atoms with van der Waals surface area (Å²) in [5.74, 6) is 0.165. The first-order chi connectivity index (χ1) is 9.67. The molecule has 2 aromatic carbocycles. The van der Waals surface area contributed by atoms with Crippen molar-refractivity contribution in [1.29, 1.82) is 0 Å². The molecule has 20 heavy (non-hydrogen) atoms. The van der Waals surface area contributed by atoms with Crippen molar-refractivity contribution in [1.82, 2.24) is 0 Å². The molecule has 4 heteroatoms. The minimum absolute atomic E-state index is 0.165. The van der Waals surface area contributed by atoms with Crippen LogP contribution in [0.5, 0.6) is 5.75 Å². The van der Waals surface area contributed by atoms with Gasteiger partial charge in [-0.3, -0.25) is 0 Å². The SMILES string of the molecule is CCc1ccc(CNc2ccc(OC(F)F)cc2)cc1. The van der Waals surface area contributed by atoms with E-state index in [4.69, 9.17) is 0 Å². The van der Waals surface area contributed by atoms with Crippen LogP contribution in [0.25, 0.3) is 0 Å². The minimum atomic E-state index is -2.79. The fourth-order valence-electron chi connectivity index (χ4n) is 1.85. The summed E-state index contributed by atoms with van der Waals surface area (Å²) < 4.78 is 28.3. The molecule has 0 aromatic heterocycles. The average Bonchev–Trinajstić information content (AvgIpc) is 2.46. The average molecular weight is 277 g/mol. The van der Waals surface area contributed by atoms with Gasteiger partial charge in [-0.05, 0) is 41.8 Å². The van der Waals surface area contributed by atoms with Crippen LogP contribution >= 0.6 is 0 Å². The zero-order chi connectivity index (χ0) is 14.4. The molecule has 1 N–H and O–H groups in total. The first-order valence-corrected chi connectivity index (χ1v) is 6.54. The third kappa shape index (κ3) is 4.23. The van der Waals surface area contributed by atoms with Gasteiger partial charge in [0.2, 0.25) is 0 Å². The number of benzene rings is 2. The van der Waals surface area contributed by atoms with Gasteiger partial charge in [-0.2, -0.15) is 8.78 Å². The van der Waals surface area contributed by atoms with Crippen molar-refractivity contribution >= 4 is 5.69 Å². The third-order valence-electron chi connectivity index (χ3n) is 3.01. The van der Waals surface area contributed by atoms with E-state index >= 15 is 0 Å². The Morgan fingerprint density at radius 1 is 0.950 bits per heavy atom. The highest BCUT2D eigenvalue weighted by Gasteiger charge is 2.03. The summed E-state index contributed by atoms with van der Waals surface area (Å²) >= 11 is 0. The predicted molar refractivity (Wildman–Crippen MR) is 76.2 cm³/mol. The van der Waals surface area contributed by atoms with Crippen molar-refractivity contribution in [3.05, 3.63) is 59.7 Å². The van der Waals surface area contributed by atoms with Gasteiger partial charge in [-0.1, -0.05) is 31.2 Å². The fourth-order valence-corrected chi connectivity index (χ4v) is 1.85. The molecule has 0 aliphatic heterocycles. The number of anilines is 1. The van der Waals surface area contributed by atoms with Crippen molar-refractivity contribution in [3.63, 3.8) is 0 Å². The van der Waals surface area contributed by atoms with E-state index in [1.165, 1.54) is 23.3 Å². The van der Waals surface area contributed by atoms with Crippen LogP contribution in [0, 0.1) is 0 Å². The van der Waals surface area contributed by atoms with E-state index in [1.54, 1.807) is 12.1 Å². The van der Waals surface area contributed by atoms with E-state index in [0.717, 1.165) is 12.1 Å². The van der Waals surface area contributed by atoms with Gasteiger partial charge in [0.05, 0.1) is 0 Å². The number of hydrogen-bond acceptors (Lipinski definition) is 2. The number of hydrogen-bond donors (Lipinski definition) is 1. The first-order valence-electron chi connectivity index (χ1n) is 6.54. The van der Waals surface area contributed by atoms with Crippen LogP contribution in [0.1, 0.15) is 18.1 Å². The predicted octanol–water partition coefficient (Wildman–Crippen LogP) is 4.46. The Bertz CT molecular complexity index is 523. The molecule has 0 spiro atoms. The lowest BCUT2D eigenvalue weighted by molar-refractivity contribution is -0.0498. The lowest BCUT2D eigenvalue weighted by atomic mass is 10.1. The second kappa shape index (κ2) is 6.89. The molecule has 0 bridgehead atoms. The van der Waals surface area contributed by atoms with E-state index in [-0.39, 0.29) is 5.75 Å². The van der Waals surface area contributed by atoms with Crippen LogP contribution < -0.4 is 10.1 Å². The number of nitrogens with one attached hydrogen (secondary N) is 1. The largest absolute Gasteiger partial charge is 0.435 e. The fraction of sp³-hybridized carbons (Fsp3) is 0.250. The second-order valence-electron chi connectivity index (χ2n) is 4.43. The molecule has 0 saturated heterocycles. The van der Waals surface area contributed by atoms with Gasteiger partial charge in [0.1, 0.15) is 5.75 Å². The van der Waals surface area contributed by atoms with Crippen molar-refractivity contribution in [2.24, 2.45) is 0 Å². The molecule has 0 aliphatic rings. The first kappa shape index (κ1) is 14.3. The summed E-state index contributed by atoms with van der Waals surface area (Å²) in [4.78, 5) is 0. The number of alkyl halides is 2. The third-order valence-corrected chi connectivity index (χ3v) is 3.01. The lowest BCUT2D eigenvalue weighted by Crippen LogP contribution is -2.02. The summed E-state index contributed by atoms with van der Waals surface area (Å²) in [5, 5.41) is 3.24. The van der Waals surface area contributed by atoms with Crippen molar-refractivity contribution in [2.75, 3.05) is 5.32 Å². The molecule has 2 rings (SSSR count). The van der Waals surface area contributed by atoms with E-state index in [1.807, 2.05) is 0 Å². The highest BCUT2D eigenvalue weighted by atomic mass is 19.3. The van der Waals surface area contributed by atoms with Crippen molar-refractivity contribution in [3.8, 4) is 5.75 Å². The van der Waals surface area contributed by atoms with Gasteiger partial charge in [0, 0.05) is 12.2 Å². The second-order valence-corrected chi connectivity index (χ2v) is 4.43. The highest BCUT2D eigenvalue weighted by Crippen LogP contribution is 2.18. The maximum absolute atomic E-state index is 12.0. The van der Waals surface area contributed by atoms with Crippen LogP contribution in [0.3, 0.4) is 0 Å². The molecule has 0 radical (unpaired) electrons. The lowest BCUT2D eigenvalue weighted by Gasteiger charge is -2.09. The van der Waals surface area contributed by atoms with Gasteiger partial charge >= 0.3 is 6.61 Å². The standard InChI is InChI=1S/C16H17F2NO/c1-2-12-3-5-13(6-4-12)11-19-14-7-9-15(10-8-14)20-16(17)18/h3-10,16,19H,2,11H2,1H3. The molecule has 0 heterocycles. The van der Waals surface area contributed by atoms with E-state index in [9.17, 15) is 8.78 Å². The molecule has 0 amide bonds. The Balaban J connectivity index is 1.89. The zero-order valence-electron chi connectivity index (χ0n) is 11.3. The summed E-state index contributed by atoms with van der Waals surface area (Å²) in [5.41, 5.74) is 3.35. The van der Waals surface area contributed by atoms with Crippen molar-refractivity contribution < 1.29 is 13.5 Å². The maximum atomic E-state index is 12.0. The molecule has 0 atom stereocenters. The van der Waals surface area contributed by atoms with Gasteiger partial charge in [-0.25, -0.2) is 0 Å². The smallest absolute Gasteiger partial charge is 0.387 e. The van der Waals surface area contributed by atoms with Gasteiger partial charge in [0.25, 0.3) is 0 Å². The quantitative estimate of drug-likeness (QED) is 0.841. The molecule has 0 saturated carbocycles. The highest BCUT2D eigenvalue weighted by molar-refractivity contribution is 5.46. The topological polar surface area (TPSA) is 21.3 Å². The number of ether oxygens (including phenoxy) is 1. The normalized spacial score (nSPS) is 10.6. The van der Waals surface area contributed by atoms with Crippen molar-refractivity contribution in [2.45, 2.75) is 26.5 Å². The summed E-state index contributed by atoms with van der Waals surface area (Å²) in [6, 6.07) is 14.9. The molecular weight excluding hydrogens is 260 g/mol. The molecular formula is C16H17F2NO. The van der Waals surface area contributed by atoms with Crippen LogP contribution in [0.15, 0.2) is 48.5 Å². The zero-order valence-corrected chi connectivity index (χ0v) is 11.3. The van der Waals surface area contributed by atoms with Crippen LogP contribution in [-0.2, 0) is 13.0 Å². The van der Waals surface area contributed by atoms with E-state index in [2.05, 4.69) is 41.2 Å². The Kier molecular flexibility index (Phi) is 4.93. The Hall–Kier alpha value is -2.10. The Labute approximate surface area is 117 Å². The molecule has 2 aromatic rings. The molecule has 0 aliphatic carbocycles. The van der Waals surface area contributed by atoms with Gasteiger partial charge < -0.3 is 10.1 Å². The van der Waals surface area contributed by atoms with Gasteiger partial charge in [0.15, 0.2) is 0 Å². The molecule has 2 nitrogen and oxygen atoms in total. The number of aryl methyl sites for hydroxylation is 1. The Morgan fingerprint density at radius 2 is 1.55 bits per heavy atom. The molecule has 0 fully saturated rings. The maximum Gasteiger partial charge on any atom is 0.387 e. The summed E-state index contributed by atoms with van der Waals surface area (Å²) in [6.45, 7) is 0.0286. The summed E-state index contributed by atoms with van der Waals surface area (Å²) in [6.07, 6.45) is 1.03. The van der Waals surface area contributed by atoms with Crippen LogP contribution in [0.2, 0.25) is 0 Å². The van der Waals surface area contributed by atoms with Gasteiger partial charge in [-0.15, -0.1) is 0 Å². The Morgan fingerprint density at radius 3 is 2.10 bits per heavy atom. The molecule has 0 unspecified atom stereocenters. The van der Waals surface area contributed by atoms with E-state index in [0.29, 0.717) is 6.54 Å². The number of rotatable bonds is 6. The minimum Gasteiger partial charge on any atom is -0.435 e. The molecule has 106 valence electrons. The monoisotopic (exact) mass is 277 g/mol. The van der Waals surface area contributed by atoms with E-state index < -0.39 is 6.61 Å². The number of halogens is 2. The van der Waals surface area contributed by atoms with Crippen LogP contribution in [-0.4, -0.2) is 6.61 Å².